The summed E-state index contributed by atoms with van der Waals surface area (Å²) in [5, 5.41) is 11.8. The molecular weight excluding hydrogens is 392 g/mol. The lowest BCUT2D eigenvalue weighted by Crippen LogP contribution is -2.37. The van der Waals surface area contributed by atoms with Gasteiger partial charge in [0.2, 0.25) is 0 Å². The average Bonchev–Trinajstić information content (AvgIpc) is 2.88. The maximum absolute atomic E-state index is 12.9. The van der Waals surface area contributed by atoms with E-state index in [1.54, 1.807) is 6.92 Å². The van der Waals surface area contributed by atoms with Gasteiger partial charge in [0.05, 0.1) is 23.7 Å². The largest absolute Gasteiger partial charge is 0.548 e. The highest BCUT2D eigenvalue weighted by molar-refractivity contribution is 9.10. The van der Waals surface area contributed by atoms with E-state index in [1.165, 1.54) is 17.7 Å². The first kappa shape index (κ1) is 16.9. The molecule has 0 aliphatic carbocycles. The van der Waals surface area contributed by atoms with E-state index in [-0.39, 0.29) is 12.0 Å². The first-order valence-corrected chi connectivity index (χ1v) is 9.02. The molecule has 0 saturated heterocycles. The number of carbonyl (C=O) groups is 1. The smallest absolute Gasteiger partial charge is 0.263 e. The van der Waals surface area contributed by atoms with Crippen LogP contribution in [-0.2, 0) is 4.79 Å². The highest BCUT2D eigenvalue weighted by atomic mass is 79.9. The Labute approximate surface area is 150 Å². The van der Waals surface area contributed by atoms with Crippen LogP contribution < -0.4 is 10.7 Å². The number of nitrogens with zero attached hydrogens (tertiary/aromatic N) is 2. The van der Waals surface area contributed by atoms with Crippen LogP contribution in [0.2, 0.25) is 0 Å². The summed E-state index contributed by atoms with van der Waals surface area (Å²) >= 11 is 4.83. The number of fused-ring (bicyclic) bond motifs is 1. The molecule has 1 aromatic carbocycles. The van der Waals surface area contributed by atoms with Gasteiger partial charge in [0.1, 0.15) is 4.83 Å². The van der Waals surface area contributed by atoms with Crippen molar-refractivity contribution in [2.24, 2.45) is 0 Å². The van der Waals surface area contributed by atoms with Crippen molar-refractivity contribution in [3.05, 3.63) is 50.3 Å². The molecule has 3 rings (SSSR count). The molecule has 3 aromatic rings. The number of halogens is 1. The first-order chi connectivity index (χ1) is 11.4. The van der Waals surface area contributed by atoms with E-state index < -0.39 is 12.0 Å². The van der Waals surface area contributed by atoms with Crippen molar-refractivity contribution in [1.29, 1.82) is 0 Å². The van der Waals surface area contributed by atoms with Crippen LogP contribution in [0.3, 0.4) is 0 Å². The fourth-order valence-electron chi connectivity index (χ4n) is 2.78. The Morgan fingerprint density at radius 3 is 2.62 bits per heavy atom. The van der Waals surface area contributed by atoms with Crippen molar-refractivity contribution in [1.82, 2.24) is 9.55 Å². The van der Waals surface area contributed by atoms with Gasteiger partial charge in [0, 0.05) is 14.9 Å². The monoisotopic (exact) mass is 405 g/mol. The van der Waals surface area contributed by atoms with E-state index in [9.17, 15) is 14.7 Å². The number of hydrogen-bond donors (Lipinski definition) is 0. The third-order valence-electron chi connectivity index (χ3n) is 3.94. The van der Waals surface area contributed by atoms with Crippen molar-refractivity contribution in [2.45, 2.75) is 26.3 Å². The summed E-state index contributed by atoms with van der Waals surface area (Å²) in [4.78, 5) is 30.1. The van der Waals surface area contributed by atoms with Crippen molar-refractivity contribution < 1.29 is 9.90 Å². The van der Waals surface area contributed by atoms with E-state index in [2.05, 4.69) is 20.9 Å². The van der Waals surface area contributed by atoms with Gasteiger partial charge in [-0.1, -0.05) is 35.0 Å². The summed E-state index contributed by atoms with van der Waals surface area (Å²) in [6.45, 7) is 3.63. The zero-order valence-electron chi connectivity index (χ0n) is 13.1. The second-order valence-electron chi connectivity index (χ2n) is 5.42. The third kappa shape index (κ3) is 2.78. The van der Waals surface area contributed by atoms with Crippen LogP contribution in [0.15, 0.2) is 39.9 Å². The predicted molar refractivity (Wildman–Crippen MR) is 96.1 cm³/mol. The molecule has 24 heavy (non-hydrogen) atoms. The minimum Gasteiger partial charge on any atom is -0.548 e. The maximum Gasteiger partial charge on any atom is 0.263 e. The number of benzene rings is 1. The Bertz CT molecular complexity index is 976. The van der Waals surface area contributed by atoms with Gasteiger partial charge in [0.25, 0.3) is 5.56 Å². The normalized spacial score (nSPS) is 12.5. The zero-order chi connectivity index (χ0) is 17.4. The second-order valence-corrected chi connectivity index (χ2v) is 7.54. The van der Waals surface area contributed by atoms with Gasteiger partial charge in [-0.25, -0.2) is 4.98 Å². The lowest BCUT2D eigenvalue weighted by molar-refractivity contribution is -0.310. The molecule has 2 heterocycles. The Balaban J connectivity index is 2.31. The summed E-state index contributed by atoms with van der Waals surface area (Å²) in [5.74, 6) is -1.28. The molecule has 0 N–H and O–H groups in total. The van der Waals surface area contributed by atoms with Crippen molar-refractivity contribution in [3.63, 3.8) is 0 Å². The van der Waals surface area contributed by atoms with Crippen LogP contribution in [0, 0.1) is 6.92 Å². The predicted octanol–water partition coefficient (Wildman–Crippen LogP) is 2.90. The SMILES string of the molecule is CC[C@@H](C(=O)[O-])n1cnc2sc(C)c(-c3ccc(Br)cc3)c2c1=O. The molecule has 5 nitrogen and oxygen atoms in total. The summed E-state index contributed by atoms with van der Waals surface area (Å²) in [6.07, 6.45) is 1.56. The van der Waals surface area contributed by atoms with Crippen LogP contribution >= 0.6 is 27.3 Å². The number of aromatic nitrogens is 2. The quantitative estimate of drug-likeness (QED) is 0.668. The number of hydrogen-bond acceptors (Lipinski definition) is 5. The van der Waals surface area contributed by atoms with E-state index in [4.69, 9.17) is 0 Å². The molecule has 7 heteroatoms. The number of aliphatic carboxylic acids is 1. The molecule has 0 bridgehead atoms. The Morgan fingerprint density at radius 2 is 2.04 bits per heavy atom. The molecule has 0 saturated carbocycles. The molecular formula is C17H14BrN2O3S-. The van der Waals surface area contributed by atoms with Gasteiger partial charge in [-0.15, -0.1) is 11.3 Å². The number of carbonyl (C=O) groups excluding carboxylic acids is 1. The van der Waals surface area contributed by atoms with Crippen molar-refractivity contribution >= 4 is 43.5 Å². The maximum atomic E-state index is 12.9. The fraction of sp³-hybridized carbons (Fsp3) is 0.235. The molecule has 0 amide bonds. The number of carboxylic acid groups (broad SMARTS) is 1. The summed E-state index contributed by atoms with van der Waals surface area (Å²) in [5.41, 5.74) is 1.36. The molecule has 1 atom stereocenters. The van der Waals surface area contributed by atoms with Crippen LogP contribution in [0.4, 0.5) is 0 Å². The highest BCUT2D eigenvalue weighted by Crippen LogP contribution is 2.36. The number of rotatable bonds is 4. The van der Waals surface area contributed by atoms with Gasteiger partial charge in [-0.05, 0) is 31.0 Å². The van der Waals surface area contributed by atoms with Crippen molar-refractivity contribution in [3.8, 4) is 11.1 Å². The van der Waals surface area contributed by atoms with Crippen LogP contribution in [0.1, 0.15) is 24.3 Å². The molecule has 0 aliphatic heterocycles. The Kier molecular flexibility index (Phi) is 4.56. The Hall–Kier alpha value is -1.99. The standard InChI is InChI=1S/C17H15BrN2O3S/c1-3-12(17(22)23)20-8-19-15-14(16(20)21)13(9(2)24-15)10-4-6-11(18)7-5-10/h4-8,12H,3H2,1-2H3,(H,22,23)/p-1/t12-/m0/s1. The minimum atomic E-state index is -1.28. The van der Waals surface area contributed by atoms with Crippen LogP contribution in [0.5, 0.6) is 0 Å². The fourth-order valence-corrected chi connectivity index (χ4v) is 4.05. The number of aryl methyl sites for hydroxylation is 1. The summed E-state index contributed by atoms with van der Waals surface area (Å²) in [6, 6.07) is 6.64. The lowest BCUT2D eigenvalue weighted by Gasteiger charge is -2.18. The van der Waals surface area contributed by atoms with Gasteiger partial charge < -0.3 is 9.90 Å². The average molecular weight is 406 g/mol. The van der Waals surface area contributed by atoms with E-state index >= 15 is 0 Å². The van der Waals surface area contributed by atoms with Gasteiger partial charge in [-0.3, -0.25) is 9.36 Å². The lowest BCUT2D eigenvalue weighted by atomic mass is 10.0. The van der Waals surface area contributed by atoms with Gasteiger partial charge in [0.15, 0.2) is 0 Å². The summed E-state index contributed by atoms with van der Waals surface area (Å²) < 4.78 is 2.11. The van der Waals surface area contributed by atoms with Crippen LogP contribution in [-0.4, -0.2) is 15.5 Å². The van der Waals surface area contributed by atoms with E-state index in [1.807, 2.05) is 31.2 Å². The third-order valence-corrected chi connectivity index (χ3v) is 5.48. The molecule has 124 valence electrons. The van der Waals surface area contributed by atoms with E-state index in [0.29, 0.717) is 10.2 Å². The number of thiophene rings is 1. The van der Waals surface area contributed by atoms with Gasteiger partial charge >= 0.3 is 0 Å². The molecule has 0 aliphatic rings. The minimum absolute atomic E-state index is 0.256. The number of carboxylic acids is 1. The molecule has 0 fully saturated rings. The Morgan fingerprint density at radius 1 is 1.38 bits per heavy atom. The topological polar surface area (TPSA) is 75.0 Å². The zero-order valence-corrected chi connectivity index (χ0v) is 15.5. The molecule has 0 spiro atoms. The van der Waals surface area contributed by atoms with Gasteiger partial charge in [-0.2, -0.15) is 0 Å². The van der Waals surface area contributed by atoms with Crippen molar-refractivity contribution in [2.75, 3.05) is 0 Å². The second kappa shape index (κ2) is 6.49. The van der Waals surface area contributed by atoms with Crippen LogP contribution in [0.25, 0.3) is 21.3 Å². The first-order valence-electron chi connectivity index (χ1n) is 7.41. The molecule has 2 aromatic heterocycles. The molecule has 0 radical (unpaired) electrons. The highest BCUT2D eigenvalue weighted by Gasteiger charge is 2.20. The molecule has 0 unspecified atom stereocenters. The van der Waals surface area contributed by atoms with E-state index in [0.717, 1.165) is 25.0 Å². The summed E-state index contributed by atoms with van der Waals surface area (Å²) in [7, 11) is 0.